The lowest BCUT2D eigenvalue weighted by atomic mass is 9.90. The topological polar surface area (TPSA) is 172 Å². The Morgan fingerprint density at radius 2 is 1.91 bits per heavy atom. The number of aromatic nitrogens is 1. The van der Waals surface area contributed by atoms with Gasteiger partial charge in [-0.3, -0.25) is 9.59 Å². The Hall–Kier alpha value is -2.88. The molecule has 2 rings (SSSR count). The molecule has 0 bridgehead atoms. The van der Waals surface area contributed by atoms with Gasteiger partial charge < -0.3 is 21.3 Å². The van der Waals surface area contributed by atoms with E-state index in [1.807, 2.05) is 0 Å². The number of nitrogens with one attached hydrogen (secondary N) is 1. The van der Waals surface area contributed by atoms with Crippen molar-refractivity contribution < 1.29 is 41.4 Å². The maximum absolute atomic E-state index is 13.7. The second-order valence-corrected chi connectivity index (χ2v) is 9.85. The highest BCUT2D eigenvalue weighted by molar-refractivity contribution is 7.90. The number of alkyl halides is 3. The van der Waals surface area contributed by atoms with Gasteiger partial charge in [-0.05, 0) is 17.7 Å². The van der Waals surface area contributed by atoms with Crippen molar-refractivity contribution >= 4 is 45.1 Å². The largest absolute Gasteiger partial charge is 0.480 e. The summed E-state index contributed by atoms with van der Waals surface area (Å²) in [6.45, 7) is 0. The van der Waals surface area contributed by atoms with Crippen LogP contribution in [0.15, 0.2) is 40.2 Å². The molecule has 0 fully saturated rings. The van der Waals surface area contributed by atoms with Crippen molar-refractivity contribution in [1.29, 1.82) is 0 Å². The van der Waals surface area contributed by atoms with Gasteiger partial charge >= 0.3 is 12.1 Å². The number of carbonyl (C=O) groups is 2. The zero-order valence-electron chi connectivity index (χ0n) is 17.4. The molecule has 0 saturated carbocycles. The lowest BCUT2D eigenvalue weighted by Crippen LogP contribution is -2.43. The number of nitrogens with zero attached hydrogens (tertiary/aromatic N) is 2. The molecule has 186 valence electrons. The van der Waals surface area contributed by atoms with Crippen LogP contribution in [0.4, 0.5) is 18.9 Å². The van der Waals surface area contributed by atoms with E-state index in [0.717, 1.165) is 24.3 Å². The lowest BCUT2D eigenvalue weighted by Gasteiger charge is -2.30. The minimum atomic E-state index is -5.23. The molecule has 0 radical (unpaired) electrons. The number of hydrogen-bond donors (Lipinski definition) is 4. The van der Waals surface area contributed by atoms with Crippen molar-refractivity contribution in [3.63, 3.8) is 0 Å². The molecule has 34 heavy (non-hydrogen) atoms. The van der Waals surface area contributed by atoms with Crippen molar-refractivity contribution in [2.45, 2.75) is 37.1 Å². The summed E-state index contributed by atoms with van der Waals surface area (Å²) in [6.07, 6.45) is -4.76. The van der Waals surface area contributed by atoms with Crippen LogP contribution in [0, 0.1) is 0 Å². The summed E-state index contributed by atoms with van der Waals surface area (Å²) in [5.41, 5.74) is 1.21. The molecule has 0 aliphatic carbocycles. The number of anilines is 1. The second kappa shape index (κ2) is 11.0. The number of hydrogen-bond acceptors (Lipinski definition) is 8. The van der Waals surface area contributed by atoms with E-state index in [4.69, 9.17) is 10.8 Å². The number of nitrogens with two attached hydrogens (primary N) is 1. The fourth-order valence-electron chi connectivity index (χ4n) is 2.66. The first-order valence-corrected chi connectivity index (χ1v) is 12.0. The maximum atomic E-state index is 13.7. The van der Waals surface area contributed by atoms with Crippen molar-refractivity contribution in [2.24, 2.45) is 10.1 Å². The van der Waals surface area contributed by atoms with Gasteiger partial charge in [-0.2, -0.15) is 17.6 Å². The van der Waals surface area contributed by atoms with E-state index in [2.05, 4.69) is 14.7 Å². The number of aliphatic carboxylic acids is 1. The van der Waals surface area contributed by atoms with Gasteiger partial charge in [0.25, 0.3) is 10.0 Å². The number of halogens is 3. The van der Waals surface area contributed by atoms with Crippen molar-refractivity contribution in [2.75, 3.05) is 11.1 Å². The van der Waals surface area contributed by atoms with E-state index >= 15 is 0 Å². The van der Waals surface area contributed by atoms with Crippen LogP contribution in [-0.2, 0) is 31.6 Å². The predicted octanol–water partition coefficient (Wildman–Crippen LogP) is 1.67. The third kappa shape index (κ3) is 7.58. The van der Waals surface area contributed by atoms with Crippen LogP contribution in [0.2, 0.25) is 0 Å². The van der Waals surface area contributed by atoms with E-state index < -0.39 is 63.9 Å². The number of thiazole rings is 1. The fourth-order valence-corrected chi connectivity index (χ4v) is 4.25. The van der Waals surface area contributed by atoms with Gasteiger partial charge in [0.2, 0.25) is 5.91 Å². The Labute approximate surface area is 196 Å². The van der Waals surface area contributed by atoms with Gasteiger partial charge in [0.15, 0.2) is 5.60 Å². The third-order valence-corrected chi connectivity index (χ3v) is 6.51. The van der Waals surface area contributed by atoms with Crippen molar-refractivity contribution in [3.05, 3.63) is 46.4 Å². The number of rotatable bonds is 11. The third-order valence-electron chi connectivity index (χ3n) is 4.54. The van der Waals surface area contributed by atoms with Gasteiger partial charge in [-0.15, -0.1) is 11.3 Å². The summed E-state index contributed by atoms with van der Waals surface area (Å²) in [5, 5.41) is 23.8. The second-order valence-electron chi connectivity index (χ2n) is 7.09. The molecule has 2 aromatic rings. The van der Waals surface area contributed by atoms with Gasteiger partial charge in [0, 0.05) is 36.3 Å². The quantitative estimate of drug-likeness (QED) is 0.323. The predicted molar refractivity (Wildman–Crippen MR) is 118 cm³/mol. The molecular weight excluding hydrogens is 501 g/mol. The molecule has 0 saturated heterocycles. The molecular formula is C19H21F3N4O6S2. The van der Waals surface area contributed by atoms with E-state index in [1.165, 1.54) is 17.5 Å². The molecule has 5 N–H and O–H groups in total. The Balaban J connectivity index is 2.11. The molecule has 1 aromatic heterocycles. The van der Waals surface area contributed by atoms with Crippen molar-refractivity contribution in [1.82, 2.24) is 4.98 Å². The average Bonchev–Trinajstić information content (AvgIpc) is 3.24. The minimum Gasteiger partial charge on any atom is -0.480 e. The number of aliphatic hydroxyl groups is 1. The van der Waals surface area contributed by atoms with Crippen LogP contribution < -0.4 is 11.1 Å². The first-order valence-electron chi connectivity index (χ1n) is 9.56. The van der Waals surface area contributed by atoms with Gasteiger partial charge in [0.05, 0.1) is 12.2 Å². The van der Waals surface area contributed by atoms with E-state index in [0.29, 0.717) is 11.2 Å². The molecule has 1 heterocycles. The molecule has 15 heteroatoms. The average molecular weight is 523 g/mol. The number of carbonyl (C=O) groups excluding carboxylic acids is 1. The van der Waals surface area contributed by atoms with Crippen LogP contribution in [0.25, 0.3) is 0 Å². The van der Waals surface area contributed by atoms with E-state index in [1.54, 1.807) is 5.38 Å². The van der Waals surface area contributed by atoms with Crippen LogP contribution in [0.3, 0.4) is 0 Å². The Morgan fingerprint density at radius 1 is 1.26 bits per heavy atom. The van der Waals surface area contributed by atoms with Crippen LogP contribution >= 0.6 is 11.3 Å². The number of amides is 1. The summed E-state index contributed by atoms with van der Waals surface area (Å²) in [5.74, 6) is -3.02. The normalized spacial score (nSPS) is 15.1. The van der Waals surface area contributed by atoms with Crippen LogP contribution in [0.5, 0.6) is 0 Å². The highest BCUT2D eigenvalue weighted by Crippen LogP contribution is 2.42. The summed E-state index contributed by atoms with van der Waals surface area (Å²) >= 11 is 1.26. The number of carboxylic acids is 1. The molecule has 1 unspecified atom stereocenters. The Kier molecular flexibility index (Phi) is 8.88. The zero-order chi connectivity index (χ0) is 25.6. The molecule has 10 nitrogen and oxygen atoms in total. The monoisotopic (exact) mass is 522 g/mol. The molecule has 0 spiro atoms. The molecule has 0 aliphatic rings. The standard InChI is InChI=1S/C19H21F3N4O6S2/c20-19(21,22)18(30,6-10-34(31,32)25-7-5-14(23)17(28)29)12-1-3-13(4-2-12)26-15(27)11-16-24-8-9-33-16/h1-4,7-9,14,30H,5-6,10-11,23H2,(H,26,27)(H,28,29)/t14-,18?/m0/s1. The molecule has 2 atom stereocenters. The smallest absolute Gasteiger partial charge is 0.421 e. The molecule has 0 aliphatic heterocycles. The minimum absolute atomic E-state index is 0.0261. The summed E-state index contributed by atoms with van der Waals surface area (Å²) in [7, 11) is -4.45. The van der Waals surface area contributed by atoms with Gasteiger partial charge in [0.1, 0.15) is 11.0 Å². The number of sulfonamides is 1. The number of carboxylic acid groups (broad SMARTS) is 1. The van der Waals surface area contributed by atoms with Crippen molar-refractivity contribution in [3.8, 4) is 0 Å². The SMILES string of the molecule is N[C@@H](CC=NS(=O)(=O)CCC(O)(c1ccc(NC(=O)Cc2nccs2)cc1)C(F)(F)F)C(=O)O. The number of benzene rings is 1. The first kappa shape index (κ1) is 27.4. The van der Waals surface area contributed by atoms with Crippen LogP contribution in [-0.4, -0.2) is 59.7 Å². The van der Waals surface area contributed by atoms with Crippen LogP contribution in [0.1, 0.15) is 23.4 Å². The van der Waals surface area contributed by atoms with E-state index in [-0.39, 0.29) is 12.1 Å². The highest BCUT2D eigenvalue weighted by Gasteiger charge is 2.55. The lowest BCUT2D eigenvalue weighted by molar-refractivity contribution is -0.267. The van der Waals surface area contributed by atoms with E-state index in [9.17, 15) is 36.3 Å². The maximum Gasteiger partial charge on any atom is 0.421 e. The summed E-state index contributed by atoms with van der Waals surface area (Å²) in [6, 6.07) is 2.71. The summed E-state index contributed by atoms with van der Waals surface area (Å²) < 4.78 is 68.1. The molecule has 1 amide bonds. The zero-order valence-corrected chi connectivity index (χ0v) is 19.0. The summed E-state index contributed by atoms with van der Waals surface area (Å²) in [4.78, 5) is 26.6. The Bertz CT molecular complexity index is 1120. The molecule has 1 aromatic carbocycles. The Morgan fingerprint density at radius 3 is 2.44 bits per heavy atom. The fraction of sp³-hybridized carbons (Fsp3) is 0.368. The first-order chi connectivity index (χ1) is 15.7. The highest BCUT2D eigenvalue weighted by atomic mass is 32.2. The van der Waals surface area contributed by atoms with Gasteiger partial charge in [-0.25, -0.2) is 13.4 Å². The van der Waals surface area contributed by atoms with Gasteiger partial charge in [-0.1, -0.05) is 12.1 Å².